The molecule has 1 heterocycles. The van der Waals surface area contributed by atoms with Gasteiger partial charge in [-0.2, -0.15) is 10.4 Å². The van der Waals surface area contributed by atoms with Crippen LogP contribution < -0.4 is 4.74 Å². The number of sulfone groups is 1. The highest BCUT2D eigenvalue weighted by atomic mass is 32.2. The lowest BCUT2D eigenvalue weighted by Crippen LogP contribution is -2.03. The van der Waals surface area contributed by atoms with Crippen LogP contribution in [0.3, 0.4) is 0 Å². The van der Waals surface area contributed by atoms with Gasteiger partial charge in [-0.1, -0.05) is 65.7 Å². The number of para-hydroxylation sites is 1. The molecule has 0 spiro atoms. The van der Waals surface area contributed by atoms with Gasteiger partial charge in [0.2, 0.25) is 9.84 Å². The average molecular weight is 546 g/mol. The van der Waals surface area contributed by atoms with Gasteiger partial charge in [-0.3, -0.25) is 0 Å². The van der Waals surface area contributed by atoms with E-state index in [1.165, 1.54) is 23.8 Å². The molecule has 0 unspecified atom stereocenters. The van der Waals surface area contributed by atoms with E-state index in [4.69, 9.17) is 9.84 Å². The van der Waals surface area contributed by atoms with Crippen LogP contribution in [0.2, 0.25) is 0 Å². The maximum Gasteiger partial charge on any atom is 0.216 e. The second kappa shape index (κ2) is 11.4. The van der Waals surface area contributed by atoms with E-state index in [-0.39, 0.29) is 9.80 Å². The molecular weight excluding hydrogens is 518 g/mol. The highest BCUT2D eigenvalue weighted by Crippen LogP contribution is 2.30. The van der Waals surface area contributed by atoms with Crippen molar-refractivity contribution in [2.24, 2.45) is 0 Å². The number of nitriles is 1. The maximum atomic E-state index is 13.3. The molecule has 0 aliphatic rings. The molecule has 0 saturated carbocycles. The van der Waals surface area contributed by atoms with Crippen molar-refractivity contribution in [2.75, 3.05) is 0 Å². The molecule has 5 aromatic rings. The van der Waals surface area contributed by atoms with Gasteiger partial charge in [0, 0.05) is 17.3 Å². The van der Waals surface area contributed by atoms with E-state index in [0.29, 0.717) is 23.6 Å². The molecule has 198 valence electrons. The molecule has 5 rings (SSSR count). The molecule has 40 heavy (non-hydrogen) atoms. The molecule has 0 fully saturated rings. The van der Waals surface area contributed by atoms with Gasteiger partial charge in [0.1, 0.15) is 29.0 Å². The van der Waals surface area contributed by atoms with Gasteiger partial charge in [-0.15, -0.1) is 0 Å². The summed E-state index contributed by atoms with van der Waals surface area (Å²) in [4.78, 5) is -0.291. The largest absolute Gasteiger partial charge is 0.489 e. The Morgan fingerprint density at radius 2 is 1.50 bits per heavy atom. The van der Waals surface area contributed by atoms with E-state index in [9.17, 15) is 13.7 Å². The molecule has 6 nitrogen and oxygen atoms in total. The fourth-order valence-corrected chi connectivity index (χ4v) is 5.30. The van der Waals surface area contributed by atoms with E-state index in [1.807, 2.05) is 86.6 Å². The van der Waals surface area contributed by atoms with Crippen LogP contribution in [0.5, 0.6) is 5.75 Å². The molecule has 7 heteroatoms. The quantitative estimate of drug-likeness (QED) is 0.195. The first-order valence-corrected chi connectivity index (χ1v) is 14.2. The Morgan fingerprint density at radius 3 is 2.12 bits per heavy atom. The van der Waals surface area contributed by atoms with Crippen LogP contribution in [0, 0.1) is 25.2 Å². The van der Waals surface area contributed by atoms with Crippen molar-refractivity contribution in [3.05, 3.63) is 136 Å². The molecule has 0 amide bonds. The van der Waals surface area contributed by atoms with Crippen LogP contribution in [0.1, 0.15) is 22.3 Å². The Bertz CT molecular complexity index is 1800. The minimum Gasteiger partial charge on any atom is -0.489 e. The Hall–Kier alpha value is -4.93. The average Bonchev–Trinajstić information content (AvgIpc) is 3.40. The highest BCUT2D eigenvalue weighted by molar-refractivity contribution is 7.95. The van der Waals surface area contributed by atoms with Crippen molar-refractivity contribution in [3.63, 3.8) is 0 Å². The Kier molecular flexibility index (Phi) is 7.63. The number of aromatic nitrogens is 2. The third kappa shape index (κ3) is 5.88. The second-order valence-electron chi connectivity index (χ2n) is 9.45. The van der Waals surface area contributed by atoms with Crippen molar-refractivity contribution < 1.29 is 13.2 Å². The summed E-state index contributed by atoms with van der Waals surface area (Å²) >= 11 is 0. The monoisotopic (exact) mass is 545 g/mol. The summed E-state index contributed by atoms with van der Waals surface area (Å²) < 4.78 is 34.3. The van der Waals surface area contributed by atoms with Crippen LogP contribution in [0.15, 0.2) is 119 Å². The molecule has 0 radical (unpaired) electrons. The van der Waals surface area contributed by atoms with Crippen molar-refractivity contribution in [1.29, 1.82) is 5.26 Å². The molecule has 0 N–H and O–H groups in total. The number of rotatable bonds is 8. The SMILES string of the molecule is Cc1ccc(COc2ccc(-c3nn(-c4ccccc4)cc3/C=C(/C#N)S(=O)(=O)c3ccc(C)cc3)cc2)cc1. The third-order valence-corrected chi connectivity index (χ3v) is 8.12. The molecule has 0 aliphatic carbocycles. The highest BCUT2D eigenvalue weighted by Gasteiger charge is 2.22. The molecule has 0 atom stereocenters. The zero-order valence-electron chi connectivity index (χ0n) is 22.2. The number of allylic oxidation sites excluding steroid dienone is 1. The molecular formula is C33H27N3O3S. The fraction of sp³-hybridized carbons (Fsp3) is 0.0909. The summed E-state index contributed by atoms with van der Waals surface area (Å²) in [5, 5.41) is 14.7. The summed E-state index contributed by atoms with van der Waals surface area (Å²) in [5.74, 6) is 0.698. The van der Waals surface area contributed by atoms with E-state index in [1.54, 1.807) is 23.0 Å². The van der Waals surface area contributed by atoms with Gasteiger partial charge in [0.25, 0.3) is 0 Å². The summed E-state index contributed by atoms with van der Waals surface area (Å²) in [7, 11) is -4.02. The number of aryl methyl sites for hydroxylation is 2. The van der Waals surface area contributed by atoms with Crippen molar-refractivity contribution >= 4 is 15.9 Å². The predicted octanol–water partition coefficient (Wildman–Crippen LogP) is 7.07. The maximum absolute atomic E-state index is 13.3. The summed E-state index contributed by atoms with van der Waals surface area (Å²) in [5.41, 5.74) is 5.81. The topological polar surface area (TPSA) is 85.0 Å². The summed E-state index contributed by atoms with van der Waals surface area (Å²) in [6.07, 6.45) is 3.12. The fourth-order valence-electron chi connectivity index (χ4n) is 4.15. The Morgan fingerprint density at radius 1 is 0.875 bits per heavy atom. The van der Waals surface area contributed by atoms with Crippen LogP contribution in [0.25, 0.3) is 23.0 Å². The van der Waals surface area contributed by atoms with Gasteiger partial charge in [0.05, 0.1) is 10.6 Å². The van der Waals surface area contributed by atoms with Gasteiger partial charge in [0.15, 0.2) is 0 Å². The van der Waals surface area contributed by atoms with Crippen molar-refractivity contribution in [1.82, 2.24) is 9.78 Å². The summed E-state index contributed by atoms with van der Waals surface area (Å²) in [6.45, 7) is 4.36. The smallest absolute Gasteiger partial charge is 0.216 e. The third-order valence-electron chi connectivity index (χ3n) is 6.43. The van der Waals surface area contributed by atoms with E-state index in [0.717, 1.165) is 22.4 Å². The van der Waals surface area contributed by atoms with E-state index < -0.39 is 9.84 Å². The lowest BCUT2D eigenvalue weighted by molar-refractivity contribution is 0.306. The first kappa shape index (κ1) is 26.7. The first-order chi connectivity index (χ1) is 19.3. The van der Waals surface area contributed by atoms with Crippen molar-refractivity contribution in [2.45, 2.75) is 25.3 Å². The summed E-state index contributed by atoms with van der Waals surface area (Å²) in [6, 6.07) is 33.5. The normalized spacial score (nSPS) is 11.7. The molecule has 0 bridgehead atoms. The van der Waals surface area contributed by atoms with Crippen LogP contribution in [0.4, 0.5) is 0 Å². The first-order valence-electron chi connectivity index (χ1n) is 12.7. The lowest BCUT2D eigenvalue weighted by Gasteiger charge is -2.08. The van der Waals surface area contributed by atoms with Crippen LogP contribution in [-0.2, 0) is 16.4 Å². The number of hydrogen-bond acceptors (Lipinski definition) is 5. The zero-order chi connectivity index (χ0) is 28.1. The van der Waals surface area contributed by atoms with Crippen molar-refractivity contribution in [3.8, 4) is 28.8 Å². The van der Waals surface area contributed by atoms with Gasteiger partial charge in [-0.25, -0.2) is 13.1 Å². The van der Waals surface area contributed by atoms with Crippen LogP contribution >= 0.6 is 0 Å². The number of nitrogens with zero attached hydrogens (tertiary/aromatic N) is 3. The van der Waals surface area contributed by atoms with E-state index >= 15 is 0 Å². The van der Waals surface area contributed by atoms with Gasteiger partial charge in [-0.05, 0) is 74.0 Å². The number of benzene rings is 4. The molecule has 0 saturated heterocycles. The Balaban J connectivity index is 1.50. The molecule has 1 aromatic heterocycles. The predicted molar refractivity (Wildman–Crippen MR) is 156 cm³/mol. The minimum atomic E-state index is -4.02. The van der Waals surface area contributed by atoms with Crippen LogP contribution in [-0.4, -0.2) is 18.2 Å². The standard InChI is InChI=1S/C33H27N3O3S/c1-24-8-12-26(13-9-24)23-39-30-16-14-27(15-17-30)33-28(22-36(35-33)29-6-4-3-5-7-29)20-32(21-34)40(37,38)31-18-10-25(2)11-19-31/h3-20,22H,23H2,1-2H3/b32-20-. The van der Waals surface area contributed by atoms with E-state index in [2.05, 4.69) is 12.1 Å². The van der Waals surface area contributed by atoms with Gasteiger partial charge < -0.3 is 4.74 Å². The second-order valence-corrected chi connectivity index (χ2v) is 11.4. The number of ether oxygens (including phenoxy) is 1. The molecule has 4 aromatic carbocycles. The number of hydrogen-bond donors (Lipinski definition) is 0. The van der Waals surface area contributed by atoms with Gasteiger partial charge >= 0.3 is 0 Å². The minimum absolute atomic E-state index is 0.0676. The molecule has 0 aliphatic heterocycles. The lowest BCUT2D eigenvalue weighted by atomic mass is 10.1. The Labute approximate surface area is 234 Å². The zero-order valence-corrected chi connectivity index (χ0v) is 23.0.